The van der Waals surface area contributed by atoms with E-state index in [9.17, 15) is 18.4 Å². The molecule has 0 aromatic carbocycles. The summed E-state index contributed by atoms with van der Waals surface area (Å²) in [5.74, 6) is -1.56. The zero-order valence-electron chi connectivity index (χ0n) is 11.3. The lowest BCUT2D eigenvalue weighted by atomic mass is 9.85. The first-order valence-corrected chi connectivity index (χ1v) is 7.28. The Balaban J connectivity index is 1.98. The molecule has 2 aliphatic rings. The molecule has 0 saturated carbocycles. The zero-order chi connectivity index (χ0) is 15.6. The summed E-state index contributed by atoms with van der Waals surface area (Å²) in [7, 11) is 0. The number of rotatable bonds is 6. The van der Waals surface area contributed by atoms with Crippen molar-refractivity contribution in [2.75, 3.05) is 6.61 Å². The van der Waals surface area contributed by atoms with Crippen molar-refractivity contribution in [3.05, 3.63) is 12.7 Å². The Hall–Kier alpha value is -1.29. The molecule has 0 radical (unpaired) electrons. The van der Waals surface area contributed by atoms with Crippen LogP contribution in [0.4, 0.5) is 0 Å². The molecule has 9 heteroatoms. The summed E-state index contributed by atoms with van der Waals surface area (Å²) >= 11 is -2.74. The van der Waals surface area contributed by atoms with Gasteiger partial charge in [-0.25, -0.2) is 13.8 Å². The number of fused-ring (bicyclic) bond motifs is 2. The van der Waals surface area contributed by atoms with E-state index in [4.69, 9.17) is 13.7 Å². The number of ether oxygens (including phenoxy) is 3. The minimum atomic E-state index is -2.74. The second-order valence-electron chi connectivity index (χ2n) is 4.99. The molecular formula is C12H15O8S-. The number of carbonyl (C=O) groups is 2. The van der Waals surface area contributed by atoms with Gasteiger partial charge in [0, 0.05) is 6.08 Å². The predicted octanol–water partition coefficient (Wildman–Crippen LogP) is -0.242. The van der Waals surface area contributed by atoms with Crippen molar-refractivity contribution >= 4 is 23.3 Å². The SMILES string of the molecule is C=CC(=O)OCC(=O)OC1C(OS(=O)[O-])C2CCC1(C)O2. The fourth-order valence-electron chi connectivity index (χ4n) is 2.64. The van der Waals surface area contributed by atoms with Gasteiger partial charge in [-0.05, 0) is 19.8 Å². The highest BCUT2D eigenvalue weighted by molar-refractivity contribution is 7.74. The molecule has 0 spiro atoms. The molecule has 0 aliphatic carbocycles. The molecule has 21 heavy (non-hydrogen) atoms. The number of esters is 2. The lowest BCUT2D eigenvalue weighted by Gasteiger charge is -2.32. The van der Waals surface area contributed by atoms with E-state index >= 15 is 0 Å². The molecule has 8 nitrogen and oxygen atoms in total. The number of hydrogen-bond acceptors (Lipinski definition) is 8. The molecule has 2 fully saturated rings. The van der Waals surface area contributed by atoms with Gasteiger partial charge in [0.25, 0.3) is 0 Å². The molecule has 2 heterocycles. The first-order valence-electron chi connectivity index (χ1n) is 6.28. The lowest BCUT2D eigenvalue weighted by Crippen LogP contribution is -2.48. The Bertz CT molecular complexity index is 478. The average Bonchev–Trinajstić information content (AvgIpc) is 2.92. The van der Waals surface area contributed by atoms with Crippen molar-refractivity contribution in [1.82, 2.24) is 0 Å². The zero-order valence-corrected chi connectivity index (χ0v) is 12.1. The van der Waals surface area contributed by atoms with Crippen LogP contribution in [0.2, 0.25) is 0 Å². The standard InChI is InChI=1S/C12H16O8S/c1-3-8(13)17-6-9(14)18-11-10(20-21(15)16)7-4-5-12(11,2)19-7/h3,7,10-11H,1,4-6H2,2H3,(H,15,16)/p-1. The molecular weight excluding hydrogens is 304 g/mol. The highest BCUT2D eigenvalue weighted by atomic mass is 32.2. The Kier molecular flexibility index (Phi) is 4.77. The summed E-state index contributed by atoms with van der Waals surface area (Å²) in [6.45, 7) is 4.33. The van der Waals surface area contributed by atoms with Crippen LogP contribution in [0, 0.1) is 0 Å². The Morgan fingerprint density at radius 2 is 2.29 bits per heavy atom. The van der Waals surface area contributed by atoms with Crippen molar-refractivity contribution in [3.8, 4) is 0 Å². The molecule has 0 aromatic rings. The van der Waals surface area contributed by atoms with E-state index in [1.165, 1.54) is 0 Å². The van der Waals surface area contributed by atoms with Gasteiger partial charge in [-0.1, -0.05) is 6.58 Å². The molecule has 2 saturated heterocycles. The van der Waals surface area contributed by atoms with Crippen molar-refractivity contribution < 1.29 is 36.7 Å². The number of hydrogen-bond donors (Lipinski definition) is 0. The fourth-order valence-corrected chi connectivity index (χ4v) is 3.04. The largest absolute Gasteiger partial charge is 0.750 e. The van der Waals surface area contributed by atoms with E-state index in [1.807, 2.05) is 0 Å². The van der Waals surface area contributed by atoms with Crippen molar-refractivity contribution in [2.45, 2.75) is 43.7 Å². The van der Waals surface area contributed by atoms with E-state index in [1.54, 1.807) is 6.92 Å². The maximum Gasteiger partial charge on any atom is 0.344 e. The summed E-state index contributed by atoms with van der Waals surface area (Å²) in [5.41, 5.74) is -0.799. The summed E-state index contributed by atoms with van der Waals surface area (Å²) in [6, 6.07) is 0. The first-order chi connectivity index (χ1) is 9.85. The van der Waals surface area contributed by atoms with E-state index in [0.29, 0.717) is 12.8 Å². The molecule has 5 atom stereocenters. The first kappa shape index (κ1) is 16.1. The molecule has 2 aliphatic heterocycles. The van der Waals surface area contributed by atoms with Crippen LogP contribution >= 0.6 is 0 Å². The quantitative estimate of drug-likeness (QED) is 0.374. The van der Waals surface area contributed by atoms with Crippen LogP contribution < -0.4 is 0 Å². The van der Waals surface area contributed by atoms with Crippen LogP contribution in [0.15, 0.2) is 12.7 Å². The van der Waals surface area contributed by atoms with Crippen LogP contribution in [-0.4, -0.2) is 51.2 Å². The predicted molar refractivity (Wildman–Crippen MR) is 67.3 cm³/mol. The van der Waals surface area contributed by atoms with Gasteiger partial charge in [0.15, 0.2) is 12.7 Å². The van der Waals surface area contributed by atoms with Gasteiger partial charge >= 0.3 is 11.9 Å². The Morgan fingerprint density at radius 3 is 2.90 bits per heavy atom. The second kappa shape index (κ2) is 6.22. The summed E-state index contributed by atoms with van der Waals surface area (Å²) in [6.07, 6.45) is -0.0425. The van der Waals surface area contributed by atoms with Crippen molar-refractivity contribution in [3.63, 3.8) is 0 Å². The van der Waals surface area contributed by atoms with E-state index in [-0.39, 0.29) is 0 Å². The van der Waals surface area contributed by atoms with Gasteiger partial charge in [-0.15, -0.1) is 0 Å². The van der Waals surface area contributed by atoms with Gasteiger partial charge in [-0.3, -0.25) is 4.18 Å². The highest BCUT2D eigenvalue weighted by Gasteiger charge is 2.60. The van der Waals surface area contributed by atoms with Crippen molar-refractivity contribution in [2.24, 2.45) is 0 Å². The van der Waals surface area contributed by atoms with Gasteiger partial charge in [0.2, 0.25) is 0 Å². The maximum absolute atomic E-state index is 11.7. The smallest absolute Gasteiger partial charge is 0.344 e. The fraction of sp³-hybridized carbons (Fsp3) is 0.667. The van der Waals surface area contributed by atoms with Crippen LogP contribution in [0.25, 0.3) is 0 Å². The average molecular weight is 319 g/mol. The Morgan fingerprint density at radius 1 is 1.57 bits per heavy atom. The molecule has 0 amide bonds. The maximum atomic E-state index is 11.7. The molecule has 0 N–H and O–H groups in total. The topological polar surface area (TPSA) is 111 Å². The lowest BCUT2D eigenvalue weighted by molar-refractivity contribution is -0.169. The van der Waals surface area contributed by atoms with Crippen molar-refractivity contribution in [1.29, 1.82) is 0 Å². The minimum absolute atomic E-state index is 0.443. The minimum Gasteiger partial charge on any atom is -0.750 e. The third kappa shape index (κ3) is 3.49. The highest BCUT2D eigenvalue weighted by Crippen LogP contribution is 2.46. The Labute approximate surface area is 123 Å². The third-order valence-electron chi connectivity index (χ3n) is 3.56. The van der Waals surface area contributed by atoms with Gasteiger partial charge < -0.3 is 18.8 Å². The van der Waals surface area contributed by atoms with E-state index in [2.05, 4.69) is 11.3 Å². The normalized spacial score (nSPS) is 35.2. The van der Waals surface area contributed by atoms with Crippen LogP contribution in [0.3, 0.4) is 0 Å². The molecule has 118 valence electrons. The van der Waals surface area contributed by atoms with Gasteiger partial charge in [0.05, 0.1) is 17.5 Å². The summed E-state index contributed by atoms with van der Waals surface area (Å²) in [5, 5.41) is 0. The molecule has 2 bridgehead atoms. The van der Waals surface area contributed by atoms with Crippen LogP contribution in [0.1, 0.15) is 19.8 Å². The van der Waals surface area contributed by atoms with E-state index < -0.39 is 53.8 Å². The van der Waals surface area contributed by atoms with Crippen LogP contribution in [-0.2, 0) is 39.3 Å². The second-order valence-corrected chi connectivity index (χ2v) is 5.60. The summed E-state index contributed by atoms with van der Waals surface area (Å²) < 4.78 is 41.6. The number of carbonyl (C=O) groups excluding carboxylic acids is 2. The van der Waals surface area contributed by atoms with Gasteiger partial charge in [0.1, 0.15) is 11.7 Å². The van der Waals surface area contributed by atoms with Crippen LogP contribution in [0.5, 0.6) is 0 Å². The third-order valence-corrected chi connectivity index (χ3v) is 3.94. The summed E-state index contributed by atoms with van der Waals surface area (Å²) in [4.78, 5) is 22.5. The van der Waals surface area contributed by atoms with Gasteiger partial charge in [-0.2, -0.15) is 0 Å². The molecule has 5 unspecified atom stereocenters. The molecule has 0 aromatic heterocycles. The van der Waals surface area contributed by atoms with E-state index in [0.717, 1.165) is 6.08 Å². The monoisotopic (exact) mass is 319 g/mol. The molecule has 2 rings (SSSR count).